The molecule has 28 heavy (non-hydrogen) atoms. The van der Waals surface area contributed by atoms with E-state index in [0.717, 1.165) is 30.5 Å². The van der Waals surface area contributed by atoms with Crippen molar-refractivity contribution >= 4 is 11.8 Å². The quantitative estimate of drug-likeness (QED) is 0.748. The zero-order valence-corrected chi connectivity index (χ0v) is 15.1. The van der Waals surface area contributed by atoms with Crippen LogP contribution < -0.4 is 10.6 Å². The molecule has 1 heterocycles. The summed E-state index contributed by atoms with van der Waals surface area (Å²) in [6.07, 6.45) is -2.33. The molecule has 0 radical (unpaired) electrons. The van der Waals surface area contributed by atoms with Crippen molar-refractivity contribution < 1.29 is 22.7 Å². The lowest BCUT2D eigenvalue weighted by Crippen LogP contribution is -2.38. The molecule has 1 fully saturated rings. The first-order chi connectivity index (χ1) is 13.4. The maximum absolute atomic E-state index is 13.1. The van der Waals surface area contributed by atoms with Crippen LogP contribution in [0.4, 0.5) is 23.7 Å². The Hall–Kier alpha value is -2.70. The Kier molecular flexibility index (Phi) is 4.91. The summed E-state index contributed by atoms with van der Waals surface area (Å²) < 4.78 is 44.7. The van der Waals surface area contributed by atoms with Gasteiger partial charge in [-0.15, -0.1) is 0 Å². The van der Waals surface area contributed by atoms with E-state index >= 15 is 0 Å². The average Bonchev–Trinajstić information content (AvgIpc) is 3.51. The second-order valence-electron chi connectivity index (χ2n) is 7.38. The minimum Gasteiger partial charge on any atom is -0.445 e. The van der Waals surface area contributed by atoms with Crippen LogP contribution in [0.2, 0.25) is 0 Å². The van der Waals surface area contributed by atoms with Gasteiger partial charge in [0.05, 0.1) is 11.6 Å². The summed E-state index contributed by atoms with van der Waals surface area (Å²) in [5.74, 6) is 0.500. The van der Waals surface area contributed by atoms with Gasteiger partial charge in [0, 0.05) is 11.7 Å². The summed E-state index contributed by atoms with van der Waals surface area (Å²) in [6, 6.07) is 12.5. The van der Waals surface area contributed by atoms with Crippen molar-refractivity contribution in [3.63, 3.8) is 0 Å². The number of ether oxygens (including phenoxy) is 1. The third kappa shape index (κ3) is 4.24. The summed E-state index contributed by atoms with van der Waals surface area (Å²) in [6.45, 7) is 0.110. The monoisotopic (exact) mass is 390 g/mol. The summed E-state index contributed by atoms with van der Waals surface area (Å²) in [5, 5.41) is 6.11. The van der Waals surface area contributed by atoms with Crippen LogP contribution in [0.1, 0.15) is 42.0 Å². The molecule has 7 heteroatoms. The van der Waals surface area contributed by atoms with Crippen LogP contribution >= 0.6 is 0 Å². The Labute approximate surface area is 161 Å². The molecule has 0 aromatic heterocycles. The minimum atomic E-state index is -4.43. The van der Waals surface area contributed by atoms with Gasteiger partial charge in [-0.1, -0.05) is 30.3 Å². The zero-order valence-electron chi connectivity index (χ0n) is 15.1. The standard InChI is InChI=1S/C21H21F3N2O2/c22-21(23,24)15-8-9-17-16(10-15)19(11-18(25-17)14-6-7-14)26-20(27)28-12-13-4-2-1-3-5-13/h1-5,8-10,14,18-19,25H,6-7,11-12H2,(H,26,27)/t18-,19-/m0/s1. The van der Waals surface area contributed by atoms with Gasteiger partial charge in [-0.2, -0.15) is 13.2 Å². The highest BCUT2D eigenvalue weighted by Crippen LogP contribution is 2.44. The van der Waals surface area contributed by atoms with Crippen molar-refractivity contribution in [2.75, 3.05) is 5.32 Å². The van der Waals surface area contributed by atoms with Crippen LogP contribution in [-0.2, 0) is 17.5 Å². The number of alkyl carbamates (subject to hydrolysis) is 1. The van der Waals surface area contributed by atoms with Crippen molar-refractivity contribution in [2.45, 2.75) is 44.1 Å². The van der Waals surface area contributed by atoms with Crippen LogP contribution in [-0.4, -0.2) is 12.1 Å². The molecule has 2 aromatic rings. The highest BCUT2D eigenvalue weighted by Gasteiger charge is 2.39. The fourth-order valence-electron chi connectivity index (χ4n) is 3.65. The van der Waals surface area contributed by atoms with Crippen molar-refractivity contribution in [1.82, 2.24) is 5.32 Å². The van der Waals surface area contributed by atoms with Gasteiger partial charge in [0.1, 0.15) is 6.61 Å². The Bertz CT molecular complexity index is 850. The van der Waals surface area contributed by atoms with E-state index in [1.165, 1.54) is 6.07 Å². The van der Waals surface area contributed by atoms with E-state index in [2.05, 4.69) is 10.6 Å². The Morgan fingerprint density at radius 1 is 1.14 bits per heavy atom. The van der Waals surface area contributed by atoms with Gasteiger partial charge in [0.2, 0.25) is 0 Å². The number of nitrogens with one attached hydrogen (secondary N) is 2. The molecule has 1 saturated carbocycles. The number of fused-ring (bicyclic) bond motifs is 1. The summed E-state index contributed by atoms with van der Waals surface area (Å²) >= 11 is 0. The fourth-order valence-corrected chi connectivity index (χ4v) is 3.65. The zero-order chi connectivity index (χ0) is 19.7. The van der Waals surface area contributed by atoms with Crippen molar-refractivity contribution in [3.05, 3.63) is 65.2 Å². The van der Waals surface area contributed by atoms with Gasteiger partial charge in [-0.25, -0.2) is 4.79 Å². The number of anilines is 1. The number of hydrogen-bond acceptors (Lipinski definition) is 3. The number of hydrogen-bond donors (Lipinski definition) is 2. The van der Waals surface area contributed by atoms with Crippen LogP contribution in [0.3, 0.4) is 0 Å². The van der Waals surface area contributed by atoms with Gasteiger partial charge in [0.25, 0.3) is 0 Å². The molecule has 2 atom stereocenters. The molecule has 4 nitrogen and oxygen atoms in total. The first kappa shape index (κ1) is 18.7. The molecule has 148 valence electrons. The third-order valence-corrected chi connectivity index (χ3v) is 5.28. The predicted octanol–water partition coefficient (Wildman–Crippen LogP) is 5.27. The molecule has 1 aliphatic carbocycles. The minimum absolute atomic E-state index is 0.110. The van der Waals surface area contributed by atoms with E-state index < -0.39 is 23.9 Å². The molecular weight excluding hydrogens is 369 g/mol. The maximum atomic E-state index is 13.1. The van der Waals surface area contributed by atoms with Gasteiger partial charge in [-0.3, -0.25) is 0 Å². The Morgan fingerprint density at radius 2 is 1.89 bits per heavy atom. The number of amides is 1. The molecular formula is C21H21F3N2O2. The van der Waals surface area contributed by atoms with Gasteiger partial charge in [-0.05, 0) is 54.5 Å². The molecule has 4 rings (SSSR count). The molecule has 0 spiro atoms. The number of alkyl halides is 3. The number of carbonyl (C=O) groups excluding carboxylic acids is 1. The fraction of sp³-hybridized carbons (Fsp3) is 0.381. The Morgan fingerprint density at radius 3 is 2.57 bits per heavy atom. The van der Waals surface area contributed by atoms with E-state index in [9.17, 15) is 18.0 Å². The van der Waals surface area contributed by atoms with Crippen molar-refractivity contribution in [1.29, 1.82) is 0 Å². The first-order valence-corrected chi connectivity index (χ1v) is 9.35. The van der Waals surface area contributed by atoms with Crippen LogP contribution in [0, 0.1) is 5.92 Å². The van der Waals surface area contributed by atoms with E-state index in [4.69, 9.17) is 4.74 Å². The lowest BCUT2D eigenvalue weighted by molar-refractivity contribution is -0.137. The second-order valence-corrected chi connectivity index (χ2v) is 7.38. The molecule has 2 N–H and O–H groups in total. The summed E-state index contributed by atoms with van der Waals surface area (Å²) in [7, 11) is 0. The van der Waals surface area contributed by atoms with E-state index in [-0.39, 0.29) is 12.6 Å². The average molecular weight is 390 g/mol. The molecule has 2 aliphatic rings. The van der Waals surface area contributed by atoms with Crippen LogP contribution in [0.5, 0.6) is 0 Å². The van der Waals surface area contributed by atoms with Crippen LogP contribution in [0.15, 0.2) is 48.5 Å². The van der Waals surface area contributed by atoms with E-state index in [0.29, 0.717) is 23.6 Å². The molecule has 1 aliphatic heterocycles. The van der Waals surface area contributed by atoms with Gasteiger partial charge in [0.15, 0.2) is 0 Å². The van der Waals surface area contributed by atoms with E-state index in [1.807, 2.05) is 30.3 Å². The number of halogens is 3. The van der Waals surface area contributed by atoms with Gasteiger partial charge >= 0.3 is 12.3 Å². The van der Waals surface area contributed by atoms with Crippen molar-refractivity contribution in [2.24, 2.45) is 5.92 Å². The predicted molar refractivity (Wildman–Crippen MR) is 98.7 cm³/mol. The van der Waals surface area contributed by atoms with Crippen LogP contribution in [0.25, 0.3) is 0 Å². The number of rotatable bonds is 4. The molecule has 1 amide bonds. The molecule has 0 bridgehead atoms. The molecule has 2 aromatic carbocycles. The largest absolute Gasteiger partial charge is 0.445 e. The van der Waals surface area contributed by atoms with Gasteiger partial charge < -0.3 is 15.4 Å². The highest BCUT2D eigenvalue weighted by molar-refractivity contribution is 5.69. The highest BCUT2D eigenvalue weighted by atomic mass is 19.4. The lowest BCUT2D eigenvalue weighted by Gasteiger charge is -2.34. The topological polar surface area (TPSA) is 50.4 Å². The summed E-state index contributed by atoms with van der Waals surface area (Å²) in [4.78, 5) is 12.3. The smallest absolute Gasteiger partial charge is 0.416 e. The SMILES string of the molecule is O=C(N[C@H]1C[C@@H](C2CC2)Nc2ccc(C(F)(F)F)cc21)OCc1ccccc1. The number of benzene rings is 2. The first-order valence-electron chi connectivity index (χ1n) is 9.35. The molecule has 0 saturated heterocycles. The Balaban J connectivity index is 1.50. The third-order valence-electron chi connectivity index (χ3n) is 5.28. The van der Waals surface area contributed by atoms with E-state index in [1.54, 1.807) is 0 Å². The normalized spacial score (nSPS) is 21.4. The lowest BCUT2D eigenvalue weighted by atomic mass is 9.89. The molecule has 0 unspecified atom stereocenters. The maximum Gasteiger partial charge on any atom is 0.416 e. The summed E-state index contributed by atoms with van der Waals surface area (Å²) in [5.41, 5.74) is 1.22. The van der Waals surface area contributed by atoms with Crippen molar-refractivity contribution in [3.8, 4) is 0 Å². The number of carbonyl (C=O) groups is 1. The second kappa shape index (κ2) is 7.37.